The van der Waals surface area contributed by atoms with Crippen LogP contribution in [0, 0.1) is 0 Å². The van der Waals surface area contributed by atoms with Crippen molar-refractivity contribution in [1.29, 1.82) is 0 Å². The van der Waals surface area contributed by atoms with Crippen molar-refractivity contribution in [3.05, 3.63) is 35.9 Å². The molecule has 98 valence electrons. The molecule has 1 atom stereocenters. The van der Waals surface area contributed by atoms with Gasteiger partial charge in [-0.1, -0.05) is 30.3 Å². The molecule has 0 spiro atoms. The van der Waals surface area contributed by atoms with Crippen LogP contribution in [0.3, 0.4) is 0 Å². The molecule has 0 amide bonds. The molecule has 2 rings (SSSR count). The van der Waals surface area contributed by atoms with Gasteiger partial charge in [-0.3, -0.25) is 5.32 Å². The second kappa shape index (κ2) is 5.50. The Labute approximate surface area is 107 Å². The third kappa shape index (κ3) is 2.40. The SMILES string of the molecule is CNC(COC1CCC1)(C(=O)O)c1ccccc1. The Bertz CT molecular complexity index is 403. The van der Waals surface area contributed by atoms with Crippen molar-refractivity contribution < 1.29 is 14.6 Å². The first-order valence-corrected chi connectivity index (χ1v) is 6.28. The standard InChI is InChI=1S/C14H19NO3/c1-15-14(13(16)17,10-18-12-8-5-9-12)11-6-3-2-4-7-11/h2-4,6-7,12,15H,5,8-10H2,1H3,(H,16,17). The van der Waals surface area contributed by atoms with Gasteiger partial charge in [-0.25, -0.2) is 4.79 Å². The average Bonchev–Trinajstić information content (AvgIpc) is 2.33. The van der Waals surface area contributed by atoms with Gasteiger partial charge in [-0.2, -0.15) is 0 Å². The van der Waals surface area contributed by atoms with E-state index in [0.29, 0.717) is 0 Å². The predicted octanol–water partition coefficient (Wildman–Crippen LogP) is 1.75. The number of benzene rings is 1. The maximum Gasteiger partial charge on any atom is 0.330 e. The lowest BCUT2D eigenvalue weighted by Crippen LogP contribution is -2.52. The monoisotopic (exact) mass is 249 g/mol. The molecule has 1 aromatic carbocycles. The van der Waals surface area contributed by atoms with Gasteiger partial charge in [0.1, 0.15) is 0 Å². The van der Waals surface area contributed by atoms with Crippen LogP contribution < -0.4 is 5.32 Å². The van der Waals surface area contributed by atoms with E-state index in [-0.39, 0.29) is 12.7 Å². The fraction of sp³-hybridized carbons (Fsp3) is 0.500. The highest BCUT2D eigenvalue weighted by molar-refractivity contribution is 5.81. The van der Waals surface area contributed by atoms with E-state index in [4.69, 9.17) is 4.74 Å². The molecule has 1 fully saturated rings. The maximum absolute atomic E-state index is 11.6. The molecule has 0 saturated heterocycles. The lowest BCUT2D eigenvalue weighted by molar-refractivity contribution is -0.150. The van der Waals surface area contributed by atoms with Crippen molar-refractivity contribution in [3.63, 3.8) is 0 Å². The summed E-state index contributed by atoms with van der Waals surface area (Å²) in [5, 5.41) is 12.4. The molecule has 0 bridgehead atoms. The average molecular weight is 249 g/mol. The van der Waals surface area contributed by atoms with Gasteiger partial charge in [0.2, 0.25) is 0 Å². The summed E-state index contributed by atoms with van der Waals surface area (Å²) in [7, 11) is 1.66. The molecule has 0 radical (unpaired) electrons. The molecule has 1 aromatic rings. The lowest BCUT2D eigenvalue weighted by atomic mass is 9.90. The van der Waals surface area contributed by atoms with E-state index in [2.05, 4.69) is 5.32 Å². The Morgan fingerprint density at radius 3 is 2.56 bits per heavy atom. The summed E-state index contributed by atoms with van der Waals surface area (Å²) in [4.78, 5) is 11.6. The number of ether oxygens (including phenoxy) is 1. The molecule has 18 heavy (non-hydrogen) atoms. The summed E-state index contributed by atoms with van der Waals surface area (Å²) in [5.41, 5.74) is -0.434. The number of hydrogen-bond donors (Lipinski definition) is 2. The first-order chi connectivity index (χ1) is 8.69. The summed E-state index contributed by atoms with van der Waals surface area (Å²) in [6.07, 6.45) is 3.47. The second-order valence-electron chi connectivity index (χ2n) is 4.69. The third-order valence-corrected chi connectivity index (χ3v) is 3.65. The van der Waals surface area contributed by atoms with Gasteiger partial charge >= 0.3 is 5.97 Å². The van der Waals surface area contributed by atoms with E-state index in [1.165, 1.54) is 6.42 Å². The Morgan fingerprint density at radius 1 is 1.44 bits per heavy atom. The fourth-order valence-corrected chi connectivity index (χ4v) is 2.09. The van der Waals surface area contributed by atoms with Crippen LogP contribution in [0.25, 0.3) is 0 Å². The van der Waals surface area contributed by atoms with Gasteiger partial charge in [-0.05, 0) is 31.9 Å². The number of nitrogens with one attached hydrogen (secondary N) is 1. The van der Waals surface area contributed by atoms with Gasteiger partial charge in [-0.15, -0.1) is 0 Å². The smallest absolute Gasteiger partial charge is 0.330 e. The van der Waals surface area contributed by atoms with E-state index in [0.717, 1.165) is 18.4 Å². The minimum Gasteiger partial charge on any atom is -0.480 e. The Morgan fingerprint density at radius 2 is 2.11 bits per heavy atom. The summed E-state index contributed by atoms with van der Waals surface area (Å²) in [6.45, 7) is 0.160. The van der Waals surface area contributed by atoms with Crippen molar-refractivity contribution in [2.75, 3.05) is 13.7 Å². The normalized spacial score (nSPS) is 18.9. The molecular formula is C14H19NO3. The molecule has 0 aliphatic heterocycles. The van der Waals surface area contributed by atoms with Crippen molar-refractivity contribution in [1.82, 2.24) is 5.32 Å². The Hall–Kier alpha value is -1.39. The number of likely N-dealkylation sites (N-methyl/N-ethyl adjacent to an activating group) is 1. The van der Waals surface area contributed by atoms with Gasteiger partial charge in [0, 0.05) is 0 Å². The Balaban J connectivity index is 2.18. The largest absolute Gasteiger partial charge is 0.480 e. The molecule has 0 heterocycles. The van der Waals surface area contributed by atoms with E-state index < -0.39 is 11.5 Å². The second-order valence-corrected chi connectivity index (χ2v) is 4.69. The van der Waals surface area contributed by atoms with Crippen molar-refractivity contribution in [3.8, 4) is 0 Å². The highest BCUT2D eigenvalue weighted by Gasteiger charge is 2.40. The first kappa shape index (κ1) is 13.1. The highest BCUT2D eigenvalue weighted by atomic mass is 16.5. The summed E-state index contributed by atoms with van der Waals surface area (Å²) in [6, 6.07) is 9.18. The quantitative estimate of drug-likeness (QED) is 0.806. The highest BCUT2D eigenvalue weighted by Crippen LogP contribution is 2.27. The number of rotatable bonds is 6. The molecule has 1 aliphatic carbocycles. The van der Waals surface area contributed by atoms with E-state index in [1.54, 1.807) is 7.05 Å². The van der Waals surface area contributed by atoms with Crippen LogP contribution in [-0.2, 0) is 15.1 Å². The van der Waals surface area contributed by atoms with Crippen LogP contribution in [0.5, 0.6) is 0 Å². The molecular weight excluding hydrogens is 230 g/mol. The predicted molar refractivity (Wildman–Crippen MR) is 68.4 cm³/mol. The van der Waals surface area contributed by atoms with Crippen molar-refractivity contribution in [2.45, 2.75) is 30.9 Å². The maximum atomic E-state index is 11.6. The van der Waals surface area contributed by atoms with Crippen LogP contribution in [0.1, 0.15) is 24.8 Å². The summed E-state index contributed by atoms with van der Waals surface area (Å²) in [5.74, 6) is -0.907. The van der Waals surface area contributed by atoms with Crippen LogP contribution in [0.2, 0.25) is 0 Å². The lowest BCUT2D eigenvalue weighted by Gasteiger charge is -2.33. The molecule has 1 saturated carbocycles. The Kier molecular flexibility index (Phi) is 3.99. The van der Waals surface area contributed by atoms with Crippen molar-refractivity contribution in [2.24, 2.45) is 0 Å². The van der Waals surface area contributed by atoms with E-state index in [9.17, 15) is 9.90 Å². The summed E-state index contributed by atoms with van der Waals surface area (Å²) >= 11 is 0. The molecule has 2 N–H and O–H groups in total. The number of carbonyl (C=O) groups is 1. The van der Waals surface area contributed by atoms with Gasteiger partial charge in [0.15, 0.2) is 5.54 Å². The number of carboxylic acid groups (broad SMARTS) is 1. The zero-order valence-corrected chi connectivity index (χ0v) is 10.6. The summed E-state index contributed by atoms with van der Waals surface area (Å²) < 4.78 is 5.71. The van der Waals surface area contributed by atoms with Crippen LogP contribution in [-0.4, -0.2) is 30.8 Å². The fourth-order valence-electron chi connectivity index (χ4n) is 2.09. The van der Waals surface area contributed by atoms with Gasteiger partial charge in [0.05, 0.1) is 12.7 Å². The first-order valence-electron chi connectivity index (χ1n) is 6.28. The van der Waals surface area contributed by atoms with E-state index in [1.807, 2.05) is 30.3 Å². The zero-order valence-electron chi connectivity index (χ0n) is 10.6. The zero-order chi connectivity index (χ0) is 13.0. The number of carboxylic acids is 1. The van der Waals surface area contributed by atoms with Gasteiger partial charge in [0.25, 0.3) is 0 Å². The number of hydrogen-bond acceptors (Lipinski definition) is 3. The molecule has 4 nitrogen and oxygen atoms in total. The third-order valence-electron chi connectivity index (χ3n) is 3.65. The molecule has 1 unspecified atom stereocenters. The van der Waals surface area contributed by atoms with Crippen LogP contribution in [0.4, 0.5) is 0 Å². The topological polar surface area (TPSA) is 58.6 Å². The minimum absolute atomic E-state index is 0.160. The molecule has 0 aromatic heterocycles. The van der Waals surface area contributed by atoms with Crippen LogP contribution in [0.15, 0.2) is 30.3 Å². The van der Waals surface area contributed by atoms with Gasteiger partial charge < -0.3 is 9.84 Å². The number of aliphatic carboxylic acids is 1. The van der Waals surface area contributed by atoms with E-state index >= 15 is 0 Å². The van der Waals surface area contributed by atoms with Crippen molar-refractivity contribution >= 4 is 5.97 Å². The molecule has 4 heteroatoms. The minimum atomic E-state index is -1.16. The van der Waals surface area contributed by atoms with Crippen LogP contribution >= 0.6 is 0 Å². The molecule has 1 aliphatic rings.